The Hall–Kier alpha value is -2.13. The molecule has 20 heavy (non-hydrogen) atoms. The molecule has 0 aliphatic carbocycles. The van der Waals surface area contributed by atoms with Gasteiger partial charge in [0.1, 0.15) is 5.69 Å². The molecule has 0 bridgehead atoms. The largest absolute Gasteiger partial charge is 0.383 e. The lowest BCUT2D eigenvalue weighted by atomic mass is 10.1. The van der Waals surface area contributed by atoms with Crippen molar-refractivity contribution in [2.45, 2.75) is 20.4 Å². The highest BCUT2D eigenvalue weighted by Crippen LogP contribution is 2.25. The Bertz CT molecular complexity index is 510. The molecule has 0 saturated heterocycles. The van der Waals surface area contributed by atoms with Crippen molar-refractivity contribution in [3.05, 3.63) is 33.9 Å². The maximum atomic E-state index is 10.9. The van der Waals surface area contributed by atoms with Crippen LogP contribution in [-0.2, 0) is 6.54 Å². The molecule has 0 spiro atoms. The van der Waals surface area contributed by atoms with E-state index < -0.39 is 4.92 Å². The van der Waals surface area contributed by atoms with Gasteiger partial charge in [-0.3, -0.25) is 15.0 Å². The average Bonchev–Trinajstić information content (AvgIpc) is 2.45. The first kappa shape index (κ1) is 15.9. The third-order valence-electron chi connectivity index (χ3n) is 3.13. The van der Waals surface area contributed by atoms with Crippen LogP contribution in [0.15, 0.2) is 18.2 Å². The van der Waals surface area contributed by atoms with Crippen LogP contribution in [-0.4, -0.2) is 30.0 Å². The minimum atomic E-state index is -0.398. The van der Waals surface area contributed by atoms with Crippen LogP contribution in [0.4, 0.5) is 11.4 Å². The van der Waals surface area contributed by atoms with E-state index in [9.17, 15) is 10.1 Å². The van der Waals surface area contributed by atoms with E-state index >= 15 is 0 Å². The van der Waals surface area contributed by atoms with E-state index in [1.54, 1.807) is 19.2 Å². The number of benzene rings is 1. The van der Waals surface area contributed by atoms with E-state index in [-0.39, 0.29) is 11.6 Å². The summed E-state index contributed by atoms with van der Waals surface area (Å²) < 4.78 is 0. The number of hydrogen-bond donors (Lipinski definition) is 1. The van der Waals surface area contributed by atoms with E-state index in [2.05, 4.69) is 16.3 Å². The van der Waals surface area contributed by atoms with E-state index in [0.29, 0.717) is 18.8 Å². The number of nitriles is 1. The fourth-order valence-electron chi connectivity index (χ4n) is 2.03. The molecule has 108 valence electrons. The van der Waals surface area contributed by atoms with Crippen molar-refractivity contribution >= 4 is 11.4 Å². The van der Waals surface area contributed by atoms with Gasteiger partial charge >= 0.3 is 0 Å². The molecule has 1 unspecified atom stereocenters. The van der Waals surface area contributed by atoms with Crippen molar-refractivity contribution in [1.82, 2.24) is 4.90 Å². The lowest BCUT2D eigenvalue weighted by Crippen LogP contribution is -2.27. The fraction of sp³-hybridized carbons (Fsp3) is 0.500. The molecule has 1 rings (SSSR count). The highest BCUT2D eigenvalue weighted by atomic mass is 16.6. The number of anilines is 1. The highest BCUT2D eigenvalue weighted by Gasteiger charge is 2.14. The summed E-state index contributed by atoms with van der Waals surface area (Å²) in [6.45, 7) is 6.12. The van der Waals surface area contributed by atoms with Crippen LogP contribution in [0.1, 0.15) is 19.4 Å². The molecule has 6 heteroatoms. The van der Waals surface area contributed by atoms with Gasteiger partial charge in [-0.15, -0.1) is 0 Å². The van der Waals surface area contributed by atoms with Crippen LogP contribution in [0.2, 0.25) is 0 Å². The van der Waals surface area contributed by atoms with Crippen LogP contribution >= 0.6 is 0 Å². The van der Waals surface area contributed by atoms with Gasteiger partial charge in [-0.05, 0) is 25.1 Å². The molecule has 0 aliphatic heterocycles. The van der Waals surface area contributed by atoms with E-state index in [1.807, 2.05) is 13.8 Å². The van der Waals surface area contributed by atoms with Crippen LogP contribution in [0.3, 0.4) is 0 Å². The van der Waals surface area contributed by atoms with Gasteiger partial charge in [-0.25, -0.2) is 0 Å². The number of nitrogens with one attached hydrogen (secondary N) is 1. The van der Waals surface area contributed by atoms with Crippen molar-refractivity contribution in [2.24, 2.45) is 5.92 Å². The van der Waals surface area contributed by atoms with Crippen molar-refractivity contribution in [3.8, 4) is 6.07 Å². The van der Waals surface area contributed by atoms with Crippen molar-refractivity contribution in [3.63, 3.8) is 0 Å². The van der Waals surface area contributed by atoms with Crippen LogP contribution < -0.4 is 5.32 Å². The standard InChI is InChI=1S/C14H20N4O2/c1-4-17(9-11(2)8-15)10-12-5-6-14(18(19)20)13(7-12)16-3/h5-7,11,16H,4,9-10H2,1-3H3. The van der Waals surface area contributed by atoms with Crippen LogP contribution in [0.5, 0.6) is 0 Å². The maximum Gasteiger partial charge on any atom is 0.292 e. The molecule has 0 saturated carbocycles. The summed E-state index contributed by atoms with van der Waals surface area (Å²) in [4.78, 5) is 12.6. The second-order valence-electron chi connectivity index (χ2n) is 4.72. The normalized spacial score (nSPS) is 11.9. The molecule has 0 aromatic heterocycles. The van der Waals surface area contributed by atoms with Crippen molar-refractivity contribution < 1.29 is 4.92 Å². The second-order valence-corrected chi connectivity index (χ2v) is 4.72. The molecule has 0 amide bonds. The minimum absolute atomic E-state index is 0.0308. The Morgan fingerprint density at radius 2 is 2.25 bits per heavy atom. The Morgan fingerprint density at radius 3 is 2.75 bits per heavy atom. The molecule has 0 fully saturated rings. The Morgan fingerprint density at radius 1 is 1.55 bits per heavy atom. The third kappa shape index (κ3) is 4.21. The number of rotatable bonds is 7. The molecule has 1 N–H and O–H groups in total. The third-order valence-corrected chi connectivity index (χ3v) is 3.13. The maximum absolute atomic E-state index is 10.9. The highest BCUT2D eigenvalue weighted by molar-refractivity contribution is 5.62. The molecule has 0 radical (unpaired) electrons. The molecule has 1 aromatic rings. The first-order valence-electron chi connectivity index (χ1n) is 6.58. The van der Waals surface area contributed by atoms with Gasteiger partial charge in [0.2, 0.25) is 0 Å². The summed E-state index contributed by atoms with van der Waals surface area (Å²) >= 11 is 0. The Labute approximate surface area is 119 Å². The van der Waals surface area contributed by atoms with Gasteiger partial charge < -0.3 is 5.32 Å². The predicted molar refractivity (Wildman–Crippen MR) is 78.4 cm³/mol. The summed E-state index contributed by atoms with van der Waals surface area (Å²) in [6, 6.07) is 7.29. The SMILES string of the molecule is CCN(Cc1ccc([N+](=O)[O-])c(NC)c1)CC(C)C#N. The monoisotopic (exact) mass is 276 g/mol. The van der Waals surface area contributed by atoms with Crippen LogP contribution in [0.25, 0.3) is 0 Å². The second kappa shape index (κ2) is 7.46. The zero-order valence-corrected chi connectivity index (χ0v) is 12.1. The fourth-order valence-corrected chi connectivity index (χ4v) is 2.03. The summed E-state index contributed by atoms with van der Waals surface area (Å²) in [6.07, 6.45) is 0. The Balaban J connectivity index is 2.86. The first-order chi connectivity index (χ1) is 9.51. The topological polar surface area (TPSA) is 82.2 Å². The first-order valence-corrected chi connectivity index (χ1v) is 6.58. The molecular formula is C14H20N4O2. The van der Waals surface area contributed by atoms with Gasteiger partial charge in [-0.1, -0.05) is 13.0 Å². The molecule has 1 atom stereocenters. The lowest BCUT2D eigenvalue weighted by molar-refractivity contribution is -0.384. The van der Waals surface area contributed by atoms with E-state index in [1.165, 1.54) is 6.07 Å². The smallest absolute Gasteiger partial charge is 0.292 e. The van der Waals surface area contributed by atoms with E-state index in [4.69, 9.17) is 5.26 Å². The van der Waals surface area contributed by atoms with Gasteiger partial charge in [0, 0.05) is 26.2 Å². The molecular weight excluding hydrogens is 256 g/mol. The lowest BCUT2D eigenvalue weighted by Gasteiger charge is -2.21. The summed E-state index contributed by atoms with van der Waals surface area (Å²) in [5.41, 5.74) is 1.58. The zero-order valence-electron chi connectivity index (χ0n) is 12.1. The van der Waals surface area contributed by atoms with Gasteiger partial charge in [-0.2, -0.15) is 5.26 Å². The number of nitro groups is 1. The summed E-state index contributed by atoms with van der Waals surface area (Å²) in [5.74, 6) is -0.0308. The van der Waals surface area contributed by atoms with Crippen LogP contribution in [0, 0.1) is 27.4 Å². The van der Waals surface area contributed by atoms with E-state index in [0.717, 1.165) is 12.1 Å². The van der Waals surface area contributed by atoms with Gasteiger partial charge in [0.15, 0.2) is 0 Å². The number of hydrogen-bond acceptors (Lipinski definition) is 5. The minimum Gasteiger partial charge on any atom is -0.383 e. The summed E-state index contributed by atoms with van der Waals surface area (Å²) in [5, 5.41) is 22.6. The molecule has 1 aromatic carbocycles. The average molecular weight is 276 g/mol. The summed E-state index contributed by atoms with van der Waals surface area (Å²) in [7, 11) is 1.67. The molecule has 0 aliphatic rings. The van der Waals surface area contributed by atoms with Crippen molar-refractivity contribution in [1.29, 1.82) is 5.26 Å². The zero-order chi connectivity index (χ0) is 15.1. The predicted octanol–water partition coefficient (Wildman–Crippen LogP) is 2.62. The van der Waals surface area contributed by atoms with Gasteiger partial charge in [0.05, 0.1) is 16.9 Å². The molecule has 0 heterocycles. The Kier molecular flexibility index (Phi) is 5.94. The van der Waals surface area contributed by atoms with Gasteiger partial charge in [0.25, 0.3) is 5.69 Å². The van der Waals surface area contributed by atoms with Crippen molar-refractivity contribution in [2.75, 3.05) is 25.5 Å². The number of nitrogens with zero attached hydrogens (tertiary/aromatic N) is 3. The quantitative estimate of drug-likeness (QED) is 0.611. The molecule has 6 nitrogen and oxygen atoms in total. The number of nitro benzene ring substituents is 1.